The number of alkyl halides is 3. The number of carbonyl (C=O) groups is 3. The molecule has 0 unspecified atom stereocenters. The SMILES string of the molecule is C#C[C@H](CC(N)=O)NC(=O)[C@@H]1CCCN1C(=O)C1(c2ccc(OC(F)(F)F)cc2)CC(O)C1. The molecule has 1 aromatic carbocycles. The van der Waals surface area contributed by atoms with Gasteiger partial charge in [-0.3, -0.25) is 14.4 Å². The number of ether oxygens (including phenoxy) is 1. The molecule has 0 spiro atoms. The summed E-state index contributed by atoms with van der Waals surface area (Å²) in [6, 6.07) is 3.20. The lowest BCUT2D eigenvalue weighted by Gasteiger charge is -2.47. The van der Waals surface area contributed by atoms with Crippen molar-refractivity contribution in [2.24, 2.45) is 5.73 Å². The molecular weight excluding hydrogens is 443 g/mol. The minimum Gasteiger partial charge on any atom is -0.406 e. The number of amides is 3. The van der Waals surface area contributed by atoms with Crippen molar-refractivity contribution in [3.05, 3.63) is 29.8 Å². The number of hydrogen-bond donors (Lipinski definition) is 3. The molecule has 2 fully saturated rings. The molecule has 1 aliphatic carbocycles. The number of aliphatic hydroxyl groups is 1. The van der Waals surface area contributed by atoms with Crippen LogP contribution in [0.3, 0.4) is 0 Å². The highest BCUT2D eigenvalue weighted by molar-refractivity contribution is 5.95. The van der Waals surface area contributed by atoms with Crippen LogP contribution < -0.4 is 15.8 Å². The second-order valence-corrected chi connectivity index (χ2v) is 8.27. The summed E-state index contributed by atoms with van der Waals surface area (Å²) in [5.41, 5.74) is 4.39. The summed E-state index contributed by atoms with van der Waals surface area (Å²) in [6.07, 6.45) is 0.579. The zero-order chi connectivity index (χ0) is 24.4. The van der Waals surface area contributed by atoms with Gasteiger partial charge in [-0.15, -0.1) is 19.6 Å². The van der Waals surface area contributed by atoms with E-state index < -0.39 is 53.4 Å². The maximum Gasteiger partial charge on any atom is 0.573 e. The fourth-order valence-electron chi connectivity index (χ4n) is 4.43. The molecule has 0 radical (unpaired) electrons. The van der Waals surface area contributed by atoms with Gasteiger partial charge in [-0.05, 0) is 43.4 Å². The summed E-state index contributed by atoms with van der Waals surface area (Å²) in [7, 11) is 0. The van der Waals surface area contributed by atoms with Gasteiger partial charge in [0, 0.05) is 6.54 Å². The quantitative estimate of drug-likeness (QED) is 0.516. The highest BCUT2D eigenvalue weighted by Crippen LogP contribution is 2.47. The number of likely N-dealkylation sites (tertiary alicyclic amines) is 1. The zero-order valence-electron chi connectivity index (χ0n) is 17.6. The van der Waals surface area contributed by atoms with Gasteiger partial charge in [0.15, 0.2) is 0 Å². The predicted octanol–water partition coefficient (Wildman–Crippen LogP) is 0.962. The van der Waals surface area contributed by atoms with Gasteiger partial charge in [-0.25, -0.2) is 0 Å². The Balaban J connectivity index is 1.79. The summed E-state index contributed by atoms with van der Waals surface area (Å²) in [6.45, 7) is 0.292. The molecule has 3 rings (SSSR count). The topological polar surface area (TPSA) is 122 Å². The average molecular weight is 467 g/mol. The van der Waals surface area contributed by atoms with Gasteiger partial charge in [-0.1, -0.05) is 18.1 Å². The molecule has 1 saturated carbocycles. The number of hydrogen-bond acceptors (Lipinski definition) is 5. The first-order chi connectivity index (χ1) is 15.4. The molecule has 8 nitrogen and oxygen atoms in total. The standard InChI is InChI=1S/C22H24F3N3O5/c1-2-14(10-18(26)30)27-19(31)17-4-3-9-28(17)20(32)21(11-15(29)12-21)13-5-7-16(8-6-13)33-22(23,24)25/h1,5-8,14-15,17,29H,3-4,9-12H2,(H2,26,30)(H,27,31)/t14-,15?,17+,21?/m1/s1. The number of primary amides is 1. The number of benzene rings is 1. The largest absolute Gasteiger partial charge is 0.573 e. The third kappa shape index (κ3) is 5.39. The molecule has 11 heteroatoms. The predicted molar refractivity (Wildman–Crippen MR) is 109 cm³/mol. The lowest BCUT2D eigenvalue weighted by atomic mass is 9.61. The van der Waals surface area contributed by atoms with E-state index in [2.05, 4.69) is 16.0 Å². The first-order valence-corrected chi connectivity index (χ1v) is 10.4. The Bertz CT molecular complexity index is 952. The minimum absolute atomic E-state index is 0.0742. The zero-order valence-corrected chi connectivity index (χ0v) is 17.6. The van der Waals surface area contributed by atoms with Gasteiger partial charge in [0.1, 0.15) is 11.8 Å². The van der Waals surface area contributed by atoms with Crippen LogP contribution in [-0.4, -0.2) is 58.8 Å². The number of halogens is 3. The van der Waals surface area contributed by atoms with E-state index in [1.165, 1.54) is 17.0 Å². The summed E-state index contributed by atoms with van der Waals surface area (Å²) < 4.78 is 41.2. The second-order valence-electron chi connectivity index (χ2n) is 8.27. The Morgan fingerprint density at radius 3 is 2.45 bits per heavy atom. The van der Waals surface area contributed by atoms with Gasteiger partial charge in [0.25, 0.3) is 0 Å². The van der Waals surface area contributed by atoms with Crippen molar-refractivity contribution in [2.75, 3.05) is 6.54 Å². The molecule has 0 aromatic heterocycles. The Hall–Kier alpha value is -3.26. The Morgan fingerprint density at radius 1 is 1.30 bits per heavy atom. The van der Waals surface area contributed by atoms with Gasteiger partial charge in [0.2, 0.25) is 17.7 Å². The van der Waals surface area contributed by atoms with Gasteiger partial charge < -0.3 is 25.8 Å². The Labute approximate surface area is 188 Å². The molecule has 0 bridgehead atoms. The fourth-order valence-corrected chi connectivity index (χ4v) is 4.43. The van der Waals surface area contributed by atoms with E-state index >= 15 is 0 Å². The minimum atomic E-state index is -4.84. The van der Waals surface area contributed by atoms with E-state index in [1.807, 2.05) is 0 Å². The van der Waals surface area contributed by atoms with E-state index in [4.69, 9.17) is 12.2 Å². The highest BCUT2D eigenvalue weighted by atomic mass is 19.4. The van der Waals surface area contributed by atoms with Crippen LogP contribution in [0.25, 0.3) is 0 Å². The van der Waals surface area contributed by atoms with E-state index in [0.29, 0.717) is 24.9 Å². The van der Waals surface area contributed by atoms with Gasteiger partial charge in [-0.2, -0.15) is 0 Å². The van der Waals surface area contributed by atoms with Crippen LogP contribution in [0.15, 0.2) is 24.3 Å². The van der Waals surface area contributed by atoms with Gasteiger partial charge >= 0.3 is 6.36 Å². The highest BCUT2D eigenvalue weighted by Gasteiger charge is 2.54. The van der Waals surface area contributed by atoms with Crippen molar-refractivity contribution < 1.29 is 37.4 Å². The van der Waals surface area contributed by atoms with E-state index in [1.54, 1.807) is 0 Å². The average Bonchev–Trinajstić information content (AvgIpc) is 3.19. The molecule has 2 aliphatic rings. The van der Waals surface area contributed by atoms with Crippen LogP contribution in [0.4, 0.5) is 13.2 Å². The summed E-state index contributed by atoms with van der Waals surface area (Å²) in [4.78, 5) is 38.9. The lowest BCUT2D eigenvalue weighted by molar-refractivity contribution is -0.274. The van der Waals surface area contributed by atoms with Crippen LogP contribution in [0, 0.1) is 12.3 Å². The number of nitrogens with one attached hydrogen (secondary N) is 1. The molecule has 1 aliphatic heterocycles. The first kappa shape index (κ1) is 24.4. The molecule has 1 saturated heterocycles. The molecule has 2 atom stereocenters. The molecule has 178 valence electrons. The lowest BCUT2D eigenvalue weighted by Crippen LogP contribution is -2.59. The van der Waals surface area contributed by atoms with Crippen LogP contribution >= 0.6 is 0 Å². The molecule has 33 heavy (non-hydrogen) atoms. The van der Waals surface area contributed by atoms with Crippen LogP contribution in [0.5, 0.6) is 5.75 Å². The number of rotatable bonds is 7. The molecule has 4 N–H and O–H groups in total. The second kappa shape index (κ2) is 9.31. The molecule has 1 aromatic rings. The van der Waals surface area contributed by atoms with Crippen molar-refractivity contribution >= 4 is 17.7 Å². The van der Waals surface area contributed by atoms with Crippen LogP contribution in [0.2, 0.25) is 0 Å². The third-order valence-corrected chi connectivity index (χ3v) is 5.96. The summed E-state index contributed by atoms with van der Waals surface area (Å²) in [5.74, 6) is 0.245. The van der Waals surface area contributed by atoms with Crippen LogP contribution in [-0.2, 0) is 19.8 Å². The van der Waals surface area contributed by atoms with Crippen LogP contribution in [0.1, 0.15) is 37.7 Å². The van der Waals surface area contributed by atoms with E-state index in [-0.39, 0.29) is 19.3 Å². The van der Waals surface area contributed by atoms with Crippen molar-refractivity contribution in [1.29, 1.82) is 0 Å². The summed E-state index contributed by atoms with van der Waals surface area (Å²) in [5, 5.41) is 12.5. The van der Waals surface area contributed by atoms with E-state index in [0.717, 1.165) is 12.1 Å². The van der Waals surface area contributed by atoms with Crippen molar-refractivity contribution in [1.82, 2.24) is 10.2 Å². The van der Waals surface area contributed by atoms with Crippen molar-refractivity contribution in [3.8, 4) is 18.1 Å². The number of carbonyl (C=O) groups excluding carboxylic acids is 3. The fraction of sp³-hybridized carbons (Fsp3) is 0.500. The molecule has 3 amide bonds. The maximum absolute atomic E-state index is 13.6. The Kier molecular flexibility index (Phi) is 6.88. The van der Waals surface area contributed by atoms with E-state index in [9.17, 15) is 32.7 Å². The third-order valence-electron chi connectivity index (χ3n) is 5.96. The number of nitrogens with zero attached hydrogens (tertiary/aromatic N) is 1. The molecular formula is C22H24F3N3O5. The van der Waals surface area contributed by atoms with Crippen molar-refractivity contribution in [3.63, 3.8) is 0 Å². The van der Waals surface area contributed by atoms with Gasteiger partial charge in [0.05, 0.1) is 24.0 Å². The number of terminal acetylenes is 1. The monoisotopic (exact) mass is 467 g/mol. The molecule has 1 heterocycles. The Morgan fingerprint density at radius 2 is 1.94 bits per heavy atom. The smallest absolute Gasteiger partial charge is 0.406 e. The number of aliphatic hydroxyl groups excluding tert-OH is 1. The summed E-state index contributed by atoms with van der Waals surface area (Å²) >= 11 is 0. The normalized spacial score (nSPS) is 25.5. The number of nitrogens with two attached hydrogens (primary N) is 1. The first-order valence-electron chi connectivity index (χ1n) is 10.4. The van der Waals surface area contributed by atoms with Crippen molar-refractivity contribution in [2.45, 2.75) is 62.1 Å². The maximum atomic E-state index is 13.6.